The molecule has 7 heteroatoms. The fraction of sp³-hybridized carbons (Fsp3) is 0.400. The van der Waals surface area contributed by atoms with Gasteiger partial charge in [0.1, 0.15) is 12.4 Å². The molecule has 0 saturated carbocycles. The Labute approximate surface area is 124 Å². The van der Waals surface area contributed by atoms with Crippen molar-refractivity contribution in [3.8, 4) is 5.75 Å². The molecule has 0 amide bonds. The van der Waals surface area contributed by atoms with E-state index in [4.69, 9.17) is 4.74 Å². The fourth-order valence-electron chi connectivity index (χ4n) is 2.78. The SMILES string of the molecule is CCN1CCOc2cc3c(cc21)c(C(F)(F)F)cc(=O)n3C. The summed E-state index contributed by atoms with van der Waals surface area (Å²) in [6, 6.07) is 3.63. The Morgan fingerprint density at radius 3 is 2.64 bits per heavy atom. The Kier molecular flexibility index (Phi) is 3.30. The normalized spacial score (nSPS) is 14.9. The van der Waals surface area contributed by atoms with Crippen molar-refractivity contribution in [2.75, 3.05) is 24.6 Å². The number of rotatable bonds is 1. The highest BCUT2D eigenvalue weighted by Gasteiger charge is 2.34. The second-order valence-electron chi connectivity index (χ2n) is 5.22. The zero-order chi connectivity index (χ0) is 16.1. The molecule has 0 aliphatic carbocycles. The lowest BCUT2D eigenvalue weighted by Gasteiger charge is -2.31. The van der Waals surface area contributed by atoms with Gasteiger partial charge in [-0.05, 0) is 13.0 Å². The van der Waals surface area contributed by atoms with Gasteiger partial charge < -0.3 is 14.2 Å². The molecule has 2 aromatic rings. The molecule has 0 fully saturated rings. The summed E-state index contributed by atoms with van der Waals surface area (Å²) in [5.74, 6) is 0.509. The van der Waals surface area contributed by atoms with Gasteiger partial charge in [-0.15, -0.1) is 0 Å². The number of aromatic nitrogens is 1. The minimum atomic E-state index is -4.58. The summed E-state index contributed by atoms with van der Waals surface area (Å²) in [6.45, 7) is 3.71. The first-order valence-electron chi connectivity index (χ1n) is 6.95. The molecule has 0 bridgehead atoms. The van der Waals surface area contributed by atoms with Crippen LogP contribution < -0.4 is 15.2 Å². The maximum absolute atomic E-state index is 13.2. The second kappa shape index (κ2) is 4.93. The van der Waals surface area contributed by atoms with Crippen LogP contribution in [0.5, 0.6) is 5.75 Å². The number of aryl methyl sites for hydroxylation is 1. The monoisotopic (exact) mass is 312 g/mol. The van der Waals surface area contributed by atoms with Crippen molar-refractivity contribution in [3.05, 3.63) is 34.1 Å². The average Bonchev–Trinajstić information content (AvgIpc) is 2.47. The van der Waals surface area contributed by atoms with Gasteiger partial charge in [-0.25, -0.2) is 0 Å². The van der Waals surface area contributed by atoms with Gasteiger partial charge in [-0.3, -0.25) is 4.79 Å². The Morgan fingerprint density at radius 2 is 2.00 bits per heavy atom. The molecule has 0 radical (unpaired) electrons. The number of hydrogen-bond donors (Lipinski definition) is 0. The third-order valence-electron chi connectivity index (χ3n) is 3.97. The van der Waals surface area contributed by atoms with Crippen LogP contribution in [0.2, 0.25) is 0 Å². The van der Waals surface area contributed by atoms with Gasteiger partial charge in [-0.1, -0.05) is 0 Å². The van der Waals surface area contributed by atoms with Crippen LogP contribution >= 0.6 is 0 Å². The van der Waals surface area contributed by atoms with Crippen LogP contribution in [0.15, 0.2) is 23.0 Å². The molecule has 0 unspecified atom stereocenters. The molecule has 0 saturated heterocycles. The molecular formula is C15H15F3N2O2. The third kappa shape index (κ3) is 2.20. The number of hydrogen-bond acceptors (Lipinski definition) is 3. The largest absolute Gasteiger partial charge is 0.489 e. The number of nitrogens with zero attached hydrogens (tertiary/aromatic N) is 2. The Morgan fingerprint density at radius 1 is 1.27 bits per heavy atom. The number of likely N-dealkylation sites (N-methyl/N-ethyl adjacent to an activating group) is 1. The number of benzene rings is 1. The summed E-state index contributed by atoms with van der Waals surface area (Å²) >= 11 is 0. The van der Waals surface area contributed by atoms with Crippen LogP contribution in [0.25, 0.3) is 10.9 Å². The molecule has 1 aromatic carbocycles. The second-order valence-corrected chi connectivity index (χ2v) is 5.22. The smallest absolute Gasteiger partial charge is 0.417 e. The summed E-state index contributed by atoms with van der Waals surface area (Å²) in [6.07, 6.45) is -4.58. The number of ether oxygens (including phenoxy) is 1. The number of anilines is 1. The van der Waals surface area contributed by atoms with Gasteiger partial charge in [0.25, 0.3) is 5.56 Å². The predicted octanol–water partition coefficient (Wildman–Crippen LogP) is 2.78. The van der Waals surface area contributed by atoms with Crippen LogP contribution in [-0.2, 0) is 13.2 Å². The fourth-order valence-corrected chi connectivity index (χ4v) is 2.78. The molecule has 0 atom stereocenters. The van der Waals surface area contributed by atoms with Gasteiger partial charge in [0.2, 0.25) is 0 Å². The van der Waals surface area contributed by atoms with E-state index in [9.17, 15) is 18.0 Å². The summed E-state index contributed by atoms with van der Waals surface area (Å²) < 4.78 is 46.5. The molecule has 22 heavy (non-hydrogen) atoms. The highest BCUT2D eigenvalue weighted by atomic mass is 19.4. The van der Waals surface area contributed by atoms with E-state index in [-0.39, 0.29) is 10.9 Å². The van der Waals surface area contributed by atoms with E-state index in [0.29, 0.717) is 37.2 Å². The zero-order valence-electron chi connectivity index (χ0n) is 12.2. The van der Waals surface area contributed by atoms with Gasteiger partial charge in [-0.2, -0.15) is 13.2 Å². The highest BCUT2D eigenvalue weighted by molar-refractivity contribution is 5.89. The van der Waals surface area contributed by atoms with Gasteiger partial charge in [0.05, 0.1) is 23.3 Å². The van der Waals surface area contributed by atoms with Crippen molar-refractivity contribution in [1.82, 2.24) is 4.57 Å². The van der Waals surface area contributed by atoms with Crippen LogP contribution in [0, 0.1) is 0 Å². The van der Waals surface area contributed by atoms with Crippen LogP contribution in [-0.4, -0.2) is 24.3 Å². The van der Waals surface area contributed by atoms with E-state index in [2.05, 4.69) is 0 Å². The third-order valence-corrected chi connectivity index (χ3v) is 3.97. The quantitative estimate of drug-likeness (QED) is 0.812. The summed E-state index contributed by atoms with van der Waals surface area (Å²) in [4.78, 5) is 13.8. The number of halogens is 3. The Balaban J connectivity index is 2.39. The molecule has 0 spiro atoms. The van der Waals surface area contributed by atoms with Crippen molar-refractivity contribution in [3.63, 3.8) is 0 Å². The number of pyridine rings is 1. The lowest BCUT2D eigenvalue weighted by molar-refractivity contribution is -0.136. The first-order chi connectivity index (χ1) is 10.3. The highest BCUT2D eigenvalue weighted by Crippen LogP contribution is 2.40. The molecule has 1 aliphatic heterocycles. The maximum Gasteiger partial charge on any atom is 0.417 e. The molecule has 2 heterocycles. The van der Waals surface area contributed by atoms with Crippen molar-refractivity contribution in [2.45, 2.75) is 13.1 Å². The number of alkyl halides is 3. The van der Waals surface area contributed by atoms with Crippen molar-refractivity contribution in [1.29, 1.82) is 0 Å². The van der Waals surface area contributed by atoms with Crippen LogP contribution in [0.1, 0.15) is 12.5 Å². The van der Waals surface area contributed by atoms with Crippen LogP contribution in [0.4, 0.5) is 18.9 Å². The topological polar surface area (TPSA) is 34.5 Å². The Bertz CT molecular complexity index is 796. The van der Waals surface area contributed by atoms with Gasteiger partial charge in [0, 0.05) is 31.1 Å². The Hall–Kier alpha value is -2.18. The van der Waals surface area contributed by atoms with E-state index >= 15 is 0 Å². The van der Waals surface area contributed by atoms with Crippen molar-refractivity contribution >= 4 is 16.6 Å². The first kappa shape index (κ1) is 14.7. The van der Waals surface area contributed by atoms with Crippen LogP contribution in [0.3, 0.4) is 0 Å². The summed E-state index contributed by atoms with van der Waals surface area (Å²) in [5, 5.41) is 0.0114. The molecule has 1 aliphatic rings. The lowest BCUT2D eigenvalue weighted by atomic mass is 10.1. The minimum absolute atomic E-state index is 0.0114. The van der Waals surface area contributed by atoms with Crippen molar-refractivity contribution in [2.24, 2.45) is 7.05 Å². The van der Waals surface area contributed by atoms with E-state index < -0.39 is 17.3 Å². The molecule has 0 N–H and O–H groups in total. The predicted molar refractivity (Wildman–Crippen MR) is 77.6 cm³/mol. The molecule has 4 nitrogen and oxygen atoms in total. The summed E-state index contributed by atoms with van der Waals surface area (Å²) in [5.41, 5.74) is -0.750. The molecule has 1 aromatic heterocycles. The van der Waals surface area contributed by atoms with Crippen molar-refractivity contribution < 1.29 is 17.9 Å². The van der Waals surface area contributed by atoms with E-state index in [1.807, 2.05) is 11.8 Å². The van der Waals surface area contributed by atoms with E-state index in [1.165, 1.54) is 23.7 Å². The van der Waals surface area contributed by atoms with Gasteiger partial charge >= 0.3 is 6.18 Å². The standard InChI is InChI=1S/C15H15F3N2O2/c1-3-20-4-5-22-13-8-11-9(6-12(13)20)10(15(16,17)18)7-14(21)19(11)2/h6-8H,3-5H2,1-2H3. The van der Waals surface area contributed by atoms with E-state index in [0.717, 1.165) is 0 Å². The minimum Gasteiger partial charge on any atom is -0.489 e. The first-order valence-corrected chi connectivity index (χ1v) is 6.95. The number of fused-ring (bicyclic) bond motifs is 2. The van der Waals surface area contributed by atoms with E-state index in [1.54, 1.807) is 0 Å². The van der Waals surface area contributed by atoms with Gasteiger partial charge in [0.15, 0.2) is 0 Å². The molecule has 118 valence electrons. The summed E-state index contributed by atoms with van der Waals surface area (Å²) in [7, 11) is 1.46. The molecule has 3 rings (SSSR count). The zero-order valence-corrected chi connectivity index (χ0v) is 12.2. The maximum atomic E-state index is 13.2. The molecular weight excluding hydrogens is 297 g/mol. The average molecular weight is 312 g/mol. The lowest BCUT2D eigenvalue weighted by Crippen LogP contribution is -2.32.